The van der Waals surface area contributed by atoms with Crippen molar-refractivity contribution < 1.29 is 90.4 Å². The minimum absolute atomic E-state index is 0. The van der Waals surface area contributed by atoms with Crippen molar-refractivity contribution in [2.75, 3.05) is 121 Å². The molecule has 0 aliphatic heterocycles. The van der Waals surface area contributed by atoms with E-state index in [4.69, 9.17) is 37.9 Å². The quantitative estimate of drug-likeness (QED) is 0.0165. The first kappa shape index (κ1) is 112. The van der Waals surface area contributed by atoms with Crippen LogP contribution in [0.5, 0.6) is 0 Å². The van der Waals surface area contributed by atoms with E-state index in [0.29, 0.717) is 85.8 Å². The number of aliphatic hydroxyl groups excluding tert-OH is 2. The highest BCUT2D eigenvalue weighted by Crippen LogP contribution is 2.37. The lowest BCUT2D eigenvalue weighted by molar-refractivity contribution is -0.672. The van der Waals surface area contributed by atoms with Crippen molar-refractivity contribution in [3.8, 4) is 0 Å². The van der Waals surface area contributed by atoms with Gasteiger partial charge in [-0.2, -0.15) is 13.7 Å². The zero-order chi connectivity index (χ0) is 98.1. The smallest absolute Gasteiger partial charge is 0.213 e. The summed E-state index contributed by atoms with van der Waals surface area (Å²) in [4.78, 5) is 0. The zero-order valence-electron chi connectivity index (χ0n) is 86.7. The van der Waals surface area contributed by atoms with Crippen LogP contribution in [0.3, 0.4) is 0 Å². The molecule has 0 saturated heterocycles. The Labute approximate surface area is 878 Å². The van der Waals surface area contributed by atoms with Crippen molar-refractivity contribution >= 4 is 179 Å². The number of hydrogen-bond acceptors (Lipinski definition) is 10. The molecule has 2 N–H and O–H groups in total. The number of ether oxygens (including phenoxy) is 8. The summed E-state index contributed by atoms with van der Waals surface area (Å²) in [7, 11) is 8.86. The number of fused-ring (bicyclic) bond motifs is 16. The Kier molecular flexibility index (Phi) is 43.6. The maximum absolute atomic E-state index is 9.40. The van der Waals surface area contributed by atoms with E-state index in [0.717, 1.165) is 62.3 Å². The molecule has 758 valence electrons. The van der Waals surface area contributed by atoms with Crippen LogP contribution in [0.25, 0.3) is 179 Å². The molecule has 18 nitrogen and oxygen atoms in total. The van der Waals surface area contributed by atoms with E-state index >= 15 is 0 Å². The van der Waals surface area contributed by atoms with Crippen LogP contribution in [0.2, 0.25) is 0 Å². The predicted octanol–water partition coefficient (Wildman–Crippen LogP) is 22.4. The molecular weight excluding hydrogens is 1920 g/mol. The number of pyridine rings is 4. The molecule has 12 aromatic carbocycles. The molecular formula is C127H143IN8O10. The Hall–Kier alpha value is -13.2. The second kappa shape index (κ2) is 57.0. The van der Waals surface area contributed by atoms with Crippen molar-refractivity contribution in [1.82, 2.24) is 18.3 Å². The van der Waals surface area contributed by atoms with E-state index in [-0.39, 0.29) is 59.5 Å². The maximum Gasteiger partial charge on any atom is 0.213 e. The van der Waals surface area contributed by atoms with Crippen molar-refractivity contribution in [2.24, 2.45) is 7.05 Å². The molecule has 0 aliphatic rings. The third-order valence-corrected chi connectivity index (χ3v) is 26.3. The summed E-state index contributed by atoms with van der Waals surface area (Å²) < 4.78 is 61.5. The van der Waals surface area contributed by atoms with E-state index in [9.17, 15) is 10.2 Å². The topological polar surface area (TPSA) is 150 Å². The van der Waals surface area contributed by atoms with Crippen LogP contribution >= 0.6 is 0 Å². The lowest BCUT2D eigenvalue weighted by atomic mass is 10.1. The monoisotopic (exact) mass is 2070 g/mol. The molecule has 19 heteroatoms. The Morgan fingerprint density at radius 1 is 0.253 bits per heavy atom. The molecule has 0 radical (unpaired) electrons. The van der Waals surface area contributed by atoms with E-state index in [1.54, 1.807) is 28.4 Å². The Bertz CT molecular complexity index is 7760. The molecule has 0 amide bonds. The summed E-state index contributed by atoms with van der Waals surface area (Å²) in [6.07, 6.45) is 29.5. The number of aliphatic hydroxyl groups is 2. The van der Waals surface area contributed by atoms with Crippen LogP contribution in [0.15, 0.2) is 316 Å². The average Bonchev–Trinajstić information content (AvgIpc) is 1.61. The summed E-state index contributed by atoms with van der Waals surface area (Å²) >= 11 is 0. The van der Waals surface area contributed by atoms with E-state index < -0.39 is 0 Å². The van der Waals surface area contributed by atoms with Crippen LogP contribution in [0.4, 0.5) is 0 Å². The molecule has 20 rings (SSSR count). The molecule has 0 atom stereocenters. The highest BCUT2D eigenvalue weighted by molar-refractivity contribution is 6.12. The molecule has 20 aromatic rings. The van der Waals surface area contributed by atoms with Gasteiger partial charge in [0.2, 0.25) is 22.1 Å². The van der Waals surface area contributed by atoms with E-state index in [1.165, 1.54) is 172 Å². The van der Waals surface area contributed by atoms with Crippen LogP contribution in [0, 0.1) is 22.3 Å². The van der Waals surface area contributed by atoms with Gasteiger partial charge in [0.05, 0.1) is 101 Å². The van der Waals surface area contributed by atoms with E-state index in [1.807, 2.05) is 12.3 Å². The molecule has 0 fully saturated rings. The molecule has 0 unspecified atom stereocenters. The van der Waals surface area contributed by atoms with Crippen molar-refractivity contribution in [3.63, 3.8) is 0 Å². The summed E-state index contributed by atoms with van der Waals surface area (Å²) in [5.41, 5.74) is 24.2. The fourth-order valence-corrected chi connectivity index (χ4v) is 18.9. The number of methoxy groups -OCH3 is 4. The number of para-hydroxylation sites is 8. The largest absolute Gasteiger partial charge is 1.00 e. The van der Waals surface area contributed by atoms with Crippen LogP contribution < -0.4 is 42.2 Å². The Balaban J connectivity index is 0.000000169. The van der Waals surface area contributed by atoms with Crippen molar-refractivity contribution in [3.05, 3.63) is 383 Å². The highest BCUT2D eigenvalue weighted by Gasteiger charge is 2.20. The molecule has 0 bridgehead atoms. The average molecular weight is 2070 g/mol. The molecule has 8 aromatic heterocycles. The predicted molar refractivity (Wildman–Crippen MR) is 606 cm³/mol. The molecule has 146 heavy (non-hydrogen) atoms. The SMILES string of the molecule is CCCC.CC[n+]1ccc(/C=C/c2ccc3c(c2)c2ccccc2n3CCOCCOC)c2ccccc21.COCCOCCn1c2ccccc2c2cc(/C=C/c3cc[n+](C)c4ccccc34)ccc21.COCCOCCn1c2ccccc2c2cc(/C=C/c3cc[n+](CCCO)c4ccccc34)ccc21.COCCOCCn1c2ccccc2c2cc(/C=C/c3cc[n+](CCO)c4ccccc34)ccc21.[CH3-].[CH3-].[CH3-].[I-]. The van der Waals surface area contributed by atoms with Gasteiger partial charge >= 0.3 is 0 Å². The Morgan fingerprint density at radius 2 is 0.507 bits per heavy atom. The van der Waals surface area contributed by atoms with Gasteiger partial charge in [0, 0.05) is 203 Å². The second-order valence-electron chi connectivity index (χ2n) is 35.3. The first-order chi connectivity index (χ1) is 70.1. The summed E-state index contributed by atoms with van der Waals surface area (Å²) in [5.74, 6) is 0. The van der Waals surface area contributed by atoms with Crippen molar-refractivity contribution in [1.29, 1.82) is 0 Å². The van der Waals surface area contributed by atoms with E-state index in [2.05, 4.69) is 417 Å². The number of rotatable bonds is 39. The fraction of sp³-hybridized carbons (Fsp3) is 0.252. The third kappa shape index (κ3) is 27.2. The maximum atomic E-state index is 9.40. The lowest BCUT2D eigenvalue weighted by Crippen LogP contribution is -3.00. The molecule has 0 saturated carbocycles. The number of aromatic nitrogens is 8. The number of benzene rings is 12. The number of halogens is 1. The van der Waals surface area contributed by atoms with Gasteiger partial charge in [-0.1, -0.05) is 221 Å². The van der Waals surface area contributed by atoms with Gasteiger partial charge in [0.25, 0.3) is 0 Å². The first-order valence-electron chi connectivity index (χ1n) is 49.9. The minimum atomic E-state index is 0. The standard InChI is InChI=1S/C31H33N2O3.C30H31N2O3.C30H31N2O2.C29H29N2O2.C4H10.3CH3.HI/c1-35-21-22-36-20-18-33-30-10-5-3-8-27(30)28-23-24(12-14-31(28)33)11-13-25-15-17-32(16-6-19-34)29-9-4-2-7-26(25)29;1-34-20-21-35-19-17-32-29-9-5-3-7-26(29)27-22-23(11-13-30(27)32)10-12-24-14-15-31(16-18-33)28-8-4-2-6-25(24)28;1-3-31-17-16-24(25-8-4-6-10-28(25)31)14-12-23-13-15-30-27(22-23)26-9-5-7-11-29(26)32(30)18-19-34-21-20-33-2;1-30-16-15-23(24-7-3-5-9-27(24)30)13-11-22-12-14-29-26(21-22)25-8-4-6-10-28(25)31(29)17-18-33-20-19-32-2;1-3-4-2;;;;/h2-5,7-15,17,23,34H,6,16,18-22H2,1H3;2-15,22,33H,16-21H2,1H3;4-17,22H,3,18-21H2,1-2H3;3-16,21H,17-20H2,1-2H3;3-4H2,1-2H3;3*1H3;1H/q4*+1;;3*-1;/p-1. The molecule has 0 spiro atoms. The van der Waals surface area contributed by atoms with Crippen LogP contribution in [-0.4, -0.2) is 149 Å². The minimum Gasteiger partial charge on any atom is -1.00 e. The lowest BCUT2D eigenvalue weighted by Gasteiger charge is -2.08. The van der Waals surface area contributed by atoms with Crippen LogP contribution in [-0.2, 0) is 90.8 Å². The highest BCUT2D eigenvalue weighted by atomic mass is 127. The second-order valence-corrected chi connectivity index (χ2v) is 35.3. The molecule has 0 aliphatic carbocycles. The van der Waals surface area contributed by atoms with Gasteiger partial charge in [-0.3, -0.25) is 0 Å². The van der Waals surface area contributed by atoms with Gasteiger partial charge < -0.3 is 113 Å². The first-order valence-corrected chi connectivity index (χ1v) is 49.9. The number of hydrogen-bond donors (Lipinski definition) is 2. The van der Waals surface area contributed by atoms with Crippen molar-refractivity contribution in [2.45, 2.75) is 85.8 Å². The van der Waals surface area contributed by atoms with Gasteiger partial charge in [0.15, 0.2) is 37.9 Å². The van der Waals surface area contributed by atoms with Gasteiger partial charge in [-0.25, -0.2) is 4.57 Å². The number of nitrogens with zero attached hydrogens (tertiary/aromatic N) is 8. The zero-order valence-corrected chi connectivity index (χ0v) is 88.9. The van der Waals surface area contributed by atoms with Gasteiger partial charge in [-0.15, -0.1) is 0 Å². The van der Waals surface area contributed by atoms with Gasteiger partial charge in [0.1, 0.15) is 20.2 Å². The summed E-state index contributed by atoms with van der Waals surface area (Å²) in [6, 6.07) is 104. The molecule has 8 heterocycles. The fourth-order valence-electron chi connectivity index (χ4n) is 18.9. The number of aryl methyl sites for hydroxylation is 3. The Morgan fingerprint density at radius 3 is 0.795 bits per heavy atom. The van der Waals surface area contributed by atoms with Crippen LogP contribution in [0.1, 0.15) is 84.5 Å². The summed E-state index contributed by atoms with van der Waals surface area (Å²) in [5, 5.41) is 33.7. The number of unbranched alkanes of at least 4 members (excludes halogenated alkanes) is 1. The third-order valence-electron chi connectivity index (χ3n) is 26.3. The normalized spacial score (nSPS) is 11.5. The summed E-state index contributed by atoms with van der Waals surface area (Å²) in [6.45, 7) is 20.0. The van der Waals surface area contributed by atoms with Gasteiger partial charge in [-0.05, 0) is 148 Å².